The van der Waals surface area contributed by atoms with Crippen LogP contribution in [0.15, 0.2) is 18.2 Å². The first-order chi connectivity index (χ1) is 8.08. The molecule has 0 aromatic heterocycles. The summed E-state index contributed by atoms with van der Waals surface area (Å²) in [5.74, 6) is 0.161. The molecule has 1 aliphatic rings. The minimum absolute atomic E-state index is 0.0822. The number of hydrogen-bond donors (Lipinski definition) is 1. The average Bonchev–Trinajstić information content (AvgIpc) is 2.64. The fourth-order valence-electron chi connectivity index (χ4n) is 2.49. The van der Waals surface area contributed by atoms with Gasteiger partial charge in [-0.1, -0.05) is 13.3 Å². The summed E-state index contributed by atoms with van der Waals surface area (Å²) in [6.45, 7) is 3.92. The van der Waals surface area contributed by atoms with Gasteiger partial charge in [-0.3, -0.25) is 4.79 Å². The van der Waals surface area contributed by atoms with Crippen LogP contribution in [0.3, 0.4) is 0 Å². The maximum atomic E-state index is 12.9. The molecule has 0 bridgehead atoms. The Labute approximate surface area is 101 Å². The SMILES string of the molecule is Cc1cc(F)ccc1C(=O)NC1CCCC1C. The van der Waals surface area contributed by atoms with Crippen molar-refractivity contribution in [2.24, 2.45) is 5.92 Å². The highest BCUT2D eigenvalue weighted by molar-refractivity contribution is 5.95. The van der Waals surface area contributed by atoms with Crippen LogP contribution in [0.1, 0.15) is 42.1 Å². The van der Waals surface area contributed by atoms with Crippen molar-refractivity contribution in [1.82, 2.24) is 5.32 Å². The number of rotatable bonds is 2. The van der Waals surface area contributed by atoms with Crippen molar-refractivity contribution in [3.63, 3.8) is 0 Å². The zero-order valence-corrected chi connectivity index (χ0v) is 10.3. The van der Waals surface area contributed by atoms with Crippen LogP contribution in [0.25, 0.3) is 0 Å². The highest BCUT2D eigenvalue weighted by Crippen LogP contribution is 2.25. The zero-order chi connectivity index (χ0) is 12.4. The lowest BCUT2D eigenvalue weighted by molar-refractivity contribution is 0.0929. The molecule has 17 heavy (non-hydrogen) atoms. The number of benzene rings is 1. The number of nitrogens with one attached hydrogen (secondary N) is 1. The third kappa shape index (κ3) is 2.65. The number of carbonyl (C=O) groups is 1. The summed E-state index contributed by atoms with van der Waals surface area (Å²) in [4.78, 5) is 12.0. The van der Waals surface area contributed by atoms with Crippen LogP contribution >= 0.6 is 0 Å². The number of carbonyl (C=O) groups excluding carboxylic acids is 1. The second kappa shape index (κ2) is 4.86. The number of aryl methyl sites for hydroxylation is 1. The number of amides is 1. The minimum atomic E-state index is -0.298. The van der Waals surface area contributed by atoms with Crippen molar-refractivity contribution >= 4 is 5.91 Å². The van der Waals surface area contributed by atoms with E-state index < -0.39 is 0 Å². The molecular weight excluding hydrogens is 217 g/mol. The lowest BCUT2D eigenvalue weighted by atomic mass is 10.0. The predicted molar refractivity (Wildman–Crippen MR) is 65.4 cm³/mol. The van der Waals surface area contributed by atoms with Crippen molar-refractivity contribution < 1.29 is 9.18 Å². The highest BCUT2D eigenvalue weighted by atomic mass is 19.1. The Morgan fingerprint density at radius 3 is 2.76 bits per heavy atom. The van der Waals surface area contributed by atoms with Gasteiger partial charge in [-0.25, -0.2) is 4.39 Å². The zero-order valence-electron chi connectivity index (χ0n) is 10.3. The van der Waals surface area contributed by atoms with E-state index in [0.29, 0.717) is 17.0 Å². The van der Waals surface area contributed by atoms with E-state index >= 15 is 0 Å². The van der Waals surface area contributed by atoms with Gasteiger partial charge in [0.1, 0.15) is 5.82 Å². The van der Waals surface area contributed by atoms with Gasteiger partial charge in [-0.05, 0) is 49.4 Å². The first-order valence-electron chi connectivity index (χ1n) is 6.15. The van der Waals surface area contributed by atoms with E-state index in [1.807, 2.05) is 0 Å². The summed E-state index contributed by atoms with van der Waals surface area (Å²) in [7, 11) is 0. The Hall–Kier alpha value is -1.38. The molecule has 0 saturated heterocycles. The molecule has 2 rings (SSSR count). The van der Waals surface area contributed by atoms with Crippen molar-refractivity contribution in [2.45, 2.75) is 39.2 Å². The average molecular weight is 235 g/mol. The third-order valence-corrected chi connectivity index (χ3v) is 3.61. The Balaban J connectivity index is 2.09. The van der Waals surface area contributed by atoms with Crippen molar-refractivity contribution in [2.75, 3.05) is 0 Å². The van der Waals surface area contributed by atoms with Gasteiger partial charge >= 0.3 is 0 Å². The van der Waals surface area contributed by atoms with E-state index in [9.17, 15) is 9.18 Å². The maximum absolute atomic E-state index is 12.9. The first-order valence-corrected chi connectivity index (χ1v) is 6.15. The van der Waals surface area contributed by atoms with Gasteiger partial charge in [-0.2, -0.15) is 0 Å². The van der Waals surface area contributed by atoms with Gasteiger partial charge in [-0.15, -0.1) is 0 Å². The highest BCUT2D eigenvalue weighted by Gasteiger charge is 2.25. The van der Waals surface area contributed by atoms with E-state index in [2.05, 4.69) is 12.2 Å². The van der Waals surface area contributed by atoms with Gasteiger partial charge in [0.2, 0.25) is 0 Å². The molecular formula is C14H18FNO. The Kier molecular flexibility index (Phi) is 3.46. The molecule has 2 unspecified atom stereocenters. The summed E-state index contributed by atoms with van der Waals surface area (Å²) < 4.78 is 12.9. The lowest BCUT2D eigenvalue weighted by Gasteiger charge is -2.18. The molecule has 1 aromatic rings. The second-order valence-corrected chi connectivity index (χ2v) is 4.95. The third-order valence-electron chi connectivity index (χ3n) is 3.61. The van der Waals surface area contributed by atoms with Gasteiger partial charge < -0.3 is 5.32 Å². The summed E-state index contributed by atoms with van der Waals surface area (Å²) >= 11 is 0. The van der Waals surface area contributed by atoms with Gasteiger partial charge in [0.05, 0.1) is 0 Å². The van der Waals surface area contributed by atoms with Crippen molar-refractivity contribution in [1.29, 1.82) is 0 Å². The van der Waals surface area contributed by atoms with E-state index in [0.717, 1.165) is 6.42 Å². The summed E-state index contributed by atoms with van der Waals surface area (Å²) in [6, 6.07) is 4.55. The molecule has 1 aromatic carbocycles. The maximum Gasteiger partial charge on any atom is 0.251 e. The smallest absolute Gasteiger partial charge is 0.251 e. The monoisotopic (exact) mass is 235 g/mol. The number of halogens is 1. The molecule has 0 heterocycles. The molecule has 2 atom stereocenters. The summed E-state index contributed by atoms with van der Waals surface area (Å²) in [5.41, 5.74) is 1.26. The normalized spacial score (nSPS) is 23.7. The summed E-state index contributed by atoms with van der Waals surface area (Å²) in [5, 5.41) is 3.04. The Bertz CT molecular complexity index is 430. The predicted octanol–water partition coefficient (Wildman–Crippen LogP) is 3.05. The molecule has 1 fully saturated rings. The van der Waals surface area contributed by atoms with Gasteiger partial charge in [0.15, 0.2) is 0 Å². The van der Waals surface area contributed by atoms with Crippen molar-refractivity contribution in [3.8, 4) is 0 Å². The minimum Gasteiger partial charge on any atom is -0.349 e. The molecule has 1 aliphatic carbocycles. The molecule has 0 aliphatic heterocycles. The van der Waals surface area contributed by atoms with E-state index in [-0.39, 0.29) is 17.8 Å². The largest absolute Gasteiger partial charge is 0.349 e. The summed E-state index contributed by atoms with van der Waals surface area (Å²) in [6.07, 6.45) is 3.40. The Morgan fingerprint density at radius 1 is 1.41 bits per heavy atom. The topological polar surface area (TPSA) is 29.1 Å². The van der Waals surface area contributed by atoms with Crippen LogP contribution in [0.4, 0.5) is 4.39 Å². The number of hydrogen-bond acceptors (Lipinski definition) is 1. The van der Waals surface area contributed by atoms with Crippen LogP contribution in [0, 0.1) is 18.7 Å². The first kappa shape index (κ1) is 12.1. The standard InChI is InChI=1S/C14H18FNO/c1-9-4-3-5-13(9)16-14(17)12-7-6-11(15)8-10(12)2/h6-9,13H,3-5H2,1-2H3,(H,16,17). The molecule has 2 nitrogen and oxygen atoms in total. The Morgan fingerprint density at radius 2 is 2.18 bits per heavy atom. The quantitative estimate of drug-likeness (QED) is 0.838. The van der Waals surface area contributed by atoms with Crippen molar-refractivity contribution in [3.05, 3.63) is 35.1 Å². The molecule has 3 heteroatoms. The van der Waals surface area contributed by atoms with E-state index in [4.69, 9.17) is 0 Å². The fraction of sp³-hybridized carbons (Fsp3) is 0.500. The van der Waals surface area contributed by atoms with Crippen LogP contribution in [0.2, 0.25) is 0 Å². The van der Waals surface area contributed by atoms with Crippen LogP contribution in [-0.2, 0) is 0 Å². The van der Waals surface area contributed by atoms with Gasteiger partial charge in [0.25, 0.3) is 5.91 Å². The van der Waals surface area contributed by atoms with E-state index in [1.165, 1.54) is 25.0 Å². The van der Waals surface area contributed by atoms with E-state index in [1.54, 1.807) is 13.0 Å². The van der Waals surface area contributed by atoms with Crippen LogP contribution < -0.4 is 5.32 Å². The molecule has 1 amide bonds. The molecule has 0 radical (unpaired) electrons. The van der Waals surface area contributed by atoms with Crippen LogP contribution in [0.5, 0.6) is 0 Å². The van der Waals surface area contributed by atoms with Crippen LogP contribution in [-0.4, -0.2) is 11.9 Å². The molecule has 92 valence electrons. The molecule has 1 N–H and O–H groups in total. The van der Waals surface area contributed by atoms with Gasteiger partial charge in [0, 0.05) is 11.6 Å². The second-order valence-electron chi connectivity index (χ2n) is 4.95. The fourth-order valence-corrected chi connectivity index (χ4v) is 2.49. The molecule has 1 saturated carbocycles. The lowest BCUT2D eigenvalue weighted by Crippen LogP contribution is -2.36. The molecule has 0 spiro atoms.